The molecule has 1 saturated carbocycles. The fourth-order valence-electron chi connectivity index (χ4n) is 3.27. The van der Waals surface area contributed by atoms with E-state index in [0.29, 0.717) is 12.8 Å². The van der Waals surface area contributed by atoms with Gasteiger partial charge in [-0.1, -0.05) is 12.8 Å². The van der Waals surface area contributed by atoms with E-state index >= 15 is 0 Å². The number of nitrogens with zero attached hydrogens (tertiary/aromatic N) is 1. The average Bonchev–Trinajstić information content (AvgIpc) is 2.68. The van der Waals surface area contributed by atoms with Crippen LogP contribution < -0.4 is 15.8 Å². The highest BCUT2D eigenvalue weighted by molar-refractivity contribution is 7.91. The number of amides is 1. The van der Waals surface area contributed by atoms with Gasteiger partial charge in [0.05, 0.1) is 27.6 Å². The maximum Gasteiger partial charge on any atom is 0.573 e. The second-order valence-electron chi connectivity index (χ2n) is 7.06. The van der Waals surface area contributed by atoms with Crippen LogP contribution in [0.2, 0.25) is 0 Å². The predicted octanol–water partition coefficient (Wildman–Crippen LogP) is 2.43. The van der Waals surface area contributed by atoms with Gasteiger partial charge in [-0.25, -0.2) is 13.4 Å². The lowest BCUT2D eigenvalue weighted by atomic mass is 9.92. The molecule has 31 heavy (non-hydrogen) atoms. The Morgan fingerprint density at radius 1 is 1.16 bits per heavy atom. The van der Waals surface area contributed by atoms with Gasteiger partial charge in [0.25, 0.3) is 5.91 Å². The fourth-order valence-corrected chi connectivity index (χ4v) is 4.51. The van der Waals surface area contributed by atoms with Crippen molar-refractivity contribution < 1.29 is 36.2 Å². The maximum atomic E-state index is 12.7. The van der Waals surface area contributed by atoms with Crippen molar-refractivity contribution in [3.63, 3.8) is 0 Å². The zero-order valence-corrected chi connectivity index (χ0v) is 16.9. The zero-order valence-electron chi connectivity index (χ0n) is 16.1. The van der Waals surface area contributed by atoms with Crippen LogP contribution in [0.15, 0.2) is 46.3 Å². The number of carbonyl (C=O) groups excluding carboxylic acids is 1. The van der Waals surface area contributed by atoms with Crippen molar-refractivity contribution >= 4 is 21.4 Å². The Hall–Kier alpha value is -2.86. The molecule has 2 aromatic rings. The summed E-state index contributed by atoms with van der Waals surface area (Å²) in [4.78, 5) is 15.7. The molecule has 1 amide bonds. The molecule has 0 aliphatic heterocycles. The van der Waals surface area contributed by atoms with E-state index in [4.69, 9.17) is 5.73 Å². The molecule has 1 aliphatic rings. The molecule has 3 rings (SSSR count). The minimum absolute atomic E-state index is 0.189. The van der Waals surface area contributed by atoms with Gasteiger partial charge in [0.2, 0.25) is 9.84 Å². The molecule has 4 N–H and O–H groups in total. The molecule has 2 atom stereocenters. The van der Waals surface area contributed by atoms with Crippen molar-refractivity contribution in [2.45, 2.75) is 54.0 Å². The molecule has 0 saturated heterocycles. The van der Waals surface area contributed by atoms with E-state index in [-0.39, 0.29) is 21.2 Å². The smallest absolute Gasteiger partial charge is 0.406 e. The SMILES string of the molecule is Nc1cc(S(=O)(=O)c2ccc(OC(F)(F)F)cc2)cnc1C(=O)N[C@@H]1CCCC[C@H]1O. The number of benzene rings is 1. The molecular weight excluding hydrogens is 439 g/mol. The lowest BCUT2D eigenvalue weighted by Gasteiger charge is -2.28. The summed E-state index contributed by atoms with van der Waals surface area (Å²) in [6, 6.07) is 4.26. The van der Waals surface area contributed by atoms with E-state index in [2.05, 4.69) is 15.0 Å². The summed E-state index contributed by atoms with van der Waals surface area (Å²) in [5.74, 6) is -1.21. The van der Waals surface area contributed by atoms with Gasteiger partial charge in [-0.3, -0.25) is 4.79 Å². The number of nitrogens with two attached hydrogens (primary N) is 1. The molecule has 1 aromatic carbocycles. The van der Waals surface area contributed by atoms with Gasteiger partial charge in [-0.15, -0.1) is 13.2 Å². The monoisotopic (exact) mass is 459 g/mol. The van der Waals surface area contributed by atoms with Gasteiger partial charge in [0, 0.05) is 6.20 Å². The summed E-state index contributed by atoms with van der Waals surface area (Å²) in [7, 11) is -4.15. The molecule has 0 spiro atoms. The van der Waals surface area contributed by atoms with Gasteiger partial charge in [0.15, 0.2) is 5.69 Å². The van der Waals surface area contributed by atoms with Crippen LogP contribution in [0.1, 0.15) is 36.2 Å². The molecular formula is C19H20F3N3O5S. The first-order valence-electron chi connectivity index (χ1n) is 9.33. The average molecular weight is 459 g/mol. The standard InChI is InChI=1S/C19H20F3N3O5S/c20-19(21,22)30-11-5-7-12(8-6-11)31(28,29)13-9-14(23)17(24-10-13)18(27)25-15-3-1-2-4-16(15)26/h5-10,15-16,26H,1-4,23H2,(H,25,27)/t15-,16-/m1/s1. The molecule has 1 aromatic heterocycles. The first kappa shape index (κ1) is 22.8. The molecule has 1 heterocycles. The van der Waals surface area contributed by atoms with Gasteiger partial charge < -0.3 is 20.9 Å². The molecule has 8 nitrogen and oxygen atoms in total. The van der Waals surface area contributed by atoms with Crippen LogP contribution in [-0.2, 0) is 9.84 Å². The quantitative estimate of drug-likeness (QED) is 0.626. The third kappa shape index (κ3) is 5.44. The number of hydrogen-bond donors (Lipinski definition) is 3. The molecule has 12 heteroatoms. The third-order valence-corrected chi connectivity index (χ3v) is 6.57. The Kier molecular flexibility index (Phi) is 6.41. The fraction of sp³-hybridized carbons (Fsp3) is 0.368. The minimum Gasteiger partial charge on any atom is -0.406 e. The van der Waals surface area contributed by atoms with Crippen LogP contribution in [0, 0.1) is 0 Å². The second-order valence-corrected chi connectivity index (χ2v) is 9.01. The summed E-state index contributed by atoms with van der Waals surface area (Å²) in [6.07, 6.45) is -1.74. The number of pyridine rings is 1. The summed E-state index contributed by atoms with van der Waals surface area (Å²) >= 11 is 0. The number of anilines is 1. The highest BCUT2D eigenvalue weighted by Gasteiger charge is 2.31. The number of nitrogen functional groups attached to an aromatic ring is 1. The third-order valence-electron chi connectivity index (χ3n) is 4.83. The van der Waals surface area contributed by atoms with Gasteiger partial charge in [0.1, 0.15) is 5.75 Å². The molecule has 1 aliphatic carbocycles. The number of aliphatic hydroxyl groups excluding tert-OH is 1. The van der Waals surface area contributed by atoms with Crippen molar-refractivity contribution in [1.82, 2.24) is 10.3 Å². The molecule has 0 unspecified atom stereocenters. The number of aliphatic hydroxyl groups is 1. The molecule has 0 bridgehead atoms. The second kappa shape index (κ2) is 8.71. The Balaban J connectivity index is 1.78. The summed E-state index contributed by atoms with van der Waals surface area (Å²) in [5.41, 5.74) is 5.45. The maximum absolute atomic E-state index is 12.7. The number of ether oxygens (including phenoxy) is 1. The highest BCUT2D eigenvalue weighted by atomic mass is 32.2. The normalized spacial score (nSPS) is 19.6. The number of aromatic nitrogens is 1. The Morgan fingerprint density at radius 3 is 2.39 bits per heavy atom. The van der Waals surface area contributed by atoms with Gasteiger partial charge in [-0.2, -0.15) is 0 Å². The number of carbonyl (C=O) groups is 1. The van der Waals surface area contributed by atoms with Gasteiger partial charge in [-0.05, 0) is 43.2 Å². The molecule has 1 fully saturated rings. The van der Waals surface area contributed by atoms with Crippen LogP contribution in [0.25, 0.3) is 0 Å². The van der Waals surface area contributed by atoms with E-state index < -0.39 is 40.0 Å². The molecule has 168 valence electrons. The van der Waals surface area contributed by atoms with Crippen molar-refractivity contribution in [3.8, 4) is 5.75 Å². The Morgan fingerprint density at radius 2 is 1.81 bits per heavy atom. The van der Waals surface area contributed by atoms with E-state index in [1.165, 1.54) is 0 Å². The van der Waals surface area contributed by atoms with Crippen molar-refractivity contribution in [1.29, 1.82) is 0 Å². The van der Waals surface area contributed by atoms with Crippen LogP contribution in [-0.4, -0.2) is 42.9 Å². The van der Waals surface area contributed by atoms with Crippen LogP contribution >= 0.6 is 0 Å². The zero-order chi connectivity index (χ0) is 22.8. The minimum atomic E-state index is -4.90. The van der Waals surface area contributed by atoms with Gasteiger partial charge >= 0.3 is 6.36 Å². The first-order valence-corrected chi connectivity index (χ1v) is 10.8. The molecule has 0 radical (unpaired) electrons. The predicted molar refractivity (Wildman–Crippen MR) is 103 cm³/mol. The van der Waals surface area contributed by atoms with E-state index in [0.717, 1.165) is 49.4 Å². The van der Waals surface area contributed by atoms with E-state index in [9.17, 15) is 31.5 Å². The summed E-state index contributed by atoms with van der Waals surface area (Å²) < 4.78 is 65.9. The number of hydrogen-bond acceptors (Lipinski definition) is 7. The Bertz CT molecular complexity index is 1060. The van der Waals surface area contributed by atoms with E-state index in [1.54, 1.807) is 0 Å². The van der Waals surface area contributed by atoms with E-state index in [1.807, 2.05) is 0 Å². The van der Waals surface area contributed by atoms with Crippen LogP contribution in [0.4, 0.5) is 18.9 Å². The van der Waals surface area contributed by atoms with Crippen molar-refractivity contribution in [2.24, 2.45) is 0 Å². The number of nitrogens with one attached hydrogen (secondary N) is 1. The van der Waals surface area contributed by atoms with Crippen LogP contribution in [0.5, 0.6) is 5.75 Å². The first-order chi connectivity index (χ1) is 14.5. The topological polar surface area (TPSA) is 132 Å². The summed E-state index contributed by atoms with van der Waals surface area (Å²) in [6.45, 7) is 0. The lowest BCUT2D eigenvalue weighted by molar-refractivity contribution is -0.274. The highest BCUT2D eigenvalue weighted by Crippen LogP contribution is 2.27. The van der Waals surface area contributed by atoms with Crippen LogP contribution in [0.3, 0.4) is 0 Å². The number of halogens is 3. The lowest BCUT2D eigenvalue weighted by Crippen LogP contribution is -2.45. The number of sulfone groups is 1. The summed E-state index contributed by atoms with van der Waals surface area (Å²) in [5, 5.41) is 12.6. The van der Waals surface area contributed by atoms with Crippen molar-refractivity contribution in [2.75, 3.05) is 5.73 Å². The number of rotatable bonds is 5. The Labute approximate surface area is 176 Å². The number of alkyl halides is 3. The van der Waals surface area contributed by atoms with Crippen molar-refractivity contribution in [3.05, 3.63) is 42.2 Å². The largest absolute Gasteiger partial charge is 0.573 e.